The molecular weight excluding hydrogens is 402 g/mol. The molecule has 0 aliphatic carbocycles. The second-order valence-corrected chi connectivity index (χ2v) is 8.82. The van der Waals surface area contributed by atoms with Crippen molar-refractivity contribution in [3.05, 3.63) is 101 Å². The second-order valence-electron chi connectivity index (χ2n) is 7.65. The Morgan fingerprint density at radius 3 is 2.26 bits per heavy atom. The Balaban J connectivity index is 1.33. The van der Waals surface area contributed by atoms with Gasteiger partial charge in [0, 0.05) is 21.8 Å². The fourth-order valence-electron chi connectivity index (χ4n) is 3.84. The van der Waals surface area contributed by atoms with Crippen LogP contribution in [0.15, 0.2) is 91.0 Å². The van der Waals surface area contributed by atoms with E-state index in [0.717, 1.165) is 17.8 Å². The maximum atomic E-state index is 10.8. The largest absolute Gasteiger partial charge is 0.481 e. The van der Waals surface area contributed by atoms with Crippen LogP contribution in [0.3, 0.4) is 0 Å². The number of hydrogen-bond acceptors (Lipinski definition) is 3. The van der Waals surface area contributed by atoms with Crippen molar-refractivity contribution in [2.45, 2.75) is 13.0 Å². The van der Waals surface area contributed by atoms with Crippen LogP contribution in [0.1, 0.15) is 10.4 Å². The molecule has 0 spiro atoms. The molecule has 0 aliphatic heterocycles. The number of benzene rings is 4. The van der Waals surface area contributed by atoms with Crippen molar-refractivity contribution < 1.29 is 9.90 Å². The van der Waals surface area contributed by atoms with Gasteiger partial charge in [0.05, 0.1) is 6.42 Å². The Kier molecular flexibility index (Phi) is 5.14. The van der Waals surface area contributed by atoms with Crippen LogP contribution in [-0.2, 0) is 17.8 Å². The van der Waals surface area contributed by atoms with E-state index in [2.05, 4.69) is 72.0 Å². The Morgan fingerprint density at radius 2 is 1.48 bits per heavy atom. The molecule has 0 fully saturated rings. The van der Waals surface area contributed by atoms with Crippen LogP contribution in [0.5, 0.6) is 0 Å². The predicted molar refractivity (Wildman–Crippen MR) is 130 cm³/mol. The SMILES string of the molecule is O=C(O)Cc1ccc(NCc2cc3cc(-c4ccc5ccccc5c4)ccc3s2)cc1. The van der Waals surface area contributed by atoms with Gasteiger partial charge in [-0.2, -0.15) is 0 Å². The molecule has 5 rings (SSSR count). The number of aliphatic carboxylic acids is 1. The number of carboxylic acids is 1. The highest BCUT2D eigenvalue weighted by Gasteiger charge is 2.06. The van der Waals surface area contributed by atoms with Crippen LogP contribution in [-0.4, -0.2) is 11.1 Å². The summed E-state index contributed by atoms with van der Waals surface area (Å²) in [4.78, 5) is 12.1. The summed E-state index contributed by atoms with van der Waals surface area (Å²) in [6.07, 6.45) is 0.0517. The highest BCUT2D eigenvalue weighted by atomic mass is 32.1. The van der Waals surface area contributed by atoms with Crippen LogP contribution in [0.4, 0.5) is 5.69 Å². The van der Waals surface area contributed by atoms with Gasteiger partial charge in [-0.15, -0.1) is 11.3 Å². The van der Waals surface area contributed by atoms with Crippen LogP contribution in [0.25, 0.3) is 32.0 Å². The van der Waals surface area contributed by atoms with Crippen molar-refractivity contribution >= 4 is 43.9 Å². The van der Waals surface area contributed by atoms with Gasteiger partial charge in [-0.3, -0.25) is 4.79 Å². The van der Waals surface area contributed by atoms with Gasteiger partial charge in [0.1, 0.15) is 0 Å². The summed E-state index contributed by atoms with van der Waals surface area (Å²) < 4.78 is 1.28. The van der Waals surface area contributed by atoms with Gasteiger partial charge in [0.2, 0.25) is 0 Å². The molecule has 31 heavy (non-hydrogen) atoms. The Morgan fingerprint density at radius 1 is 0.774 bits per heavy atom. The van der Waals surface area contributed by atoms with E-state index in [1.54, 1.807) is 11.3 Å². The molecular formula is C27H21NO2S. The fourth-order valence-corrected chi connectivity index (χ4v) is 4.82. The van der Waals surface area contributed by atoms with Crippen molar-refractivity contribution in [1.82, 2.24) is 0 Å². The highest BCUT2D eigenvalue weighted by Crippen LogP contribution is 2.32. The van der Waals surface area contributed by atoms with Crippen molar-refractivity contribution in [3.8, 4) is 11.1 Å². The van der Waals surface area contributed by atoms with Crippen molar-refractivity contribution in [3.63, 3.8) is 0 Å². The van der Waals surface area contributed by atoms with Crippen molar-refractivity contribution in [2.75, 3.05) is 5.32 Å². The van der Waals surface area contributed by atoms with Gasteiger partial charge < -0.3 is 10.4 Å². The third kappa shape index (κ3) is 4.30. The number of hydrogen-bond donors (Lipinski definition) is 2. The molecule has 5 aromatic rings. The van der Waals surface area contributed by atoms with E-state index >= 15 is 0 Å². The van der Waals surface area contributed by atoms with E-state index in [0.29, 0.717) is 0 Å². The van der Waals surface area contributed by atoms with Crippen LogP contribution >= 0.6 is 11.3 Å². The predicted octanol–water partition coefficient (Wildman–Crippen LogP) is 6.96. The van der Waals surface area contributed by atoms with Gasteiger partial charge in [-0.1, -0.05) is 54.6 Å². The first kappa shape index (κ1) is 19.3. The average Bonchev–Trinajstić information content (AvgIpc) is 3.20. The summed E-state index contributed by atoms with van der Waals surface area (Å²) in [5.74, 6) is -0.811. The number of carboxylic acid groups (broad SMARTS) is 1. The molecule has 2 N–H and O–H groups in total. The van der Waals surface area contributed by atoms with E-state index in [1.807, 2.05) is 24.3 Å². The maximum Gasteiger partial charge on any atom is 0.307 e. The van der Waals surface area contributed by atoms with Gasteiger partial charge in [-0.25, -0.2) is 0 Å². The molecule has 3 nitrogen and oxygen atoms in total. The molecule has 4 heteroatoms. The molecule has 0 bridgehead atoms. The molecule has 0 saturated carbocycles. The minimum absolute atomic E-state index is 0.0517. The van der Waals surface area contributed by atoms with E-state index in [-0.39, 0.29) is 6.42 Å². The van der Waals surface area contributed by atoms with Crippen LogP contribution in [0.2, 0.25) is 0 Å². The van der Waals surface area contributed by atoms with Crippen molar-refractivity contribution in [1.29, 1.82) is 0 Å². The Bertz CT molecular complexity index is 1390. The quantitative estimate of drug-likeness (QED) is 0.310. The zero-order valence-corrected chi connectivity index (χ0v) is 17.7. The zero-order chi connectivity index (χ0) is 21.2. The lowest BCUT2D eigenvalue weighted by atomic mass is 10.0. The fraction of sp³-hybridized carbons (Fsp3) is 0.0741. The lowest BCUT2D eigenvalue weighted by Crippen LogP contribution is -2.01. The lowest BCUT2D eigenvalue weighted by molar-refractivity contribution is -0.136. The van der Waals surface area contributed by atoms with E-state index in [4.69, 9.17) is 5.11 Å². The smallest absolute Gasteiger partial charge is 0.307 e. The average molecular weight is 424 g/mol. The highest BCUT2D eigenvalue weighted by molar-refractivity contribution is 7.19. The first-order valence-electron chi connectivity index (χ1n) is 10.2. The minimum Gasteiger partial charge on any atom is -0.481 e. The number of carbonyl (C=O) groups is 1. The van der Waals surface area contributed by atoms with Gasteiger partial charge in [-0.05, 0) is 69.2 Å². The summed E-state index contributed by atoms with van der Waals surface area (Å²) >= 11 is 1.79. The number of rotatable bonds is 6. The third-order valence-electron chi connectivity index (χ3n) is 5.43. The topological polar surface area (TPSA) is 49.3 Å². The Labute approximate surface area is 184 Å². The van der Waals surface area contributed by atoms with E-state index in [9.17, 15) is 4.79 Å². The molecule has 4 aromatic carbocycles. The van der Waals surface area contributed by atoms with Crippen molar-refractivity contribution in [2.24, 2.45) is 0 Å². The molecule has 0 amide bonds. The number of fused-ring (bicyclic) bond motifs is 2. The van der Waals surface area contributed by atoms with E-state index < -0.39 is 5.97 Å². The number of anilines is 1. The summed E-state index contributed by atoms with van der Waals surface area (Å²) in [6.45, 7) is 0.739. The van der Waals surface area contributed by atoms with Crippen LogP contribution < -0.4 is 5.32 Å². The number of thiophene rings is 1. The molecule has 152 valence electrons. The lowest BCUT2D eigenvalue weighted by Gasteiger charge is -2.05. The Hall–Kier alpha value is -3.63. The first-order valence-corrected chi connectivity index (χ1v) is 11.0. The van der Waals surface area contributed by atoms with Gasteiger partial charge in [0.25, 0.3) is 0 Å². The van der Waals surface area contributed by atoms with Crippen LogP contribution in [0, 0.1) is 0 Å². The summed E-state index contributed by atoms with van der Waals surface area (Å²) in [5, 5.41) is 16.1. The van der Waals surface area contributed by atoms with Gasteiger partial charge in [0.15, 0.2) is 0 Å². The second kappa shape index (κ2) is 8.25. The summed E-state index contributed by atoms with van der Waals surface area (Å²) in [6, 6.07) is 31.5. The standard InChI is InChI=1S/C27H21NO2S/c29-27(30)13-18-5-10-24(11-6-18)28-17-25-16-23-15-22(9-12-26(23)31-25)21-8-7-19-3-1-2-4-20(19)14-21/h1-12,14-16,28H,13,17H2,(H,29,30). The monoisotopic (exact) mass is 423 g/mol. The molecule has 0 atom stereocenters. The number of nitrogens with one attached hydrogen (secondary N) is 1. The summed E-state index contributed by atoms with van der Waals surface area (Å²) in [5.41, 5.74) is 4.25. The normalized spacial score (nSPS) is 11.1. The van der Waals surface area contributed by atoms with Gasteiger partial charge >= 0.3 is 5.97 Å². The summed E-state index contributed by atoms with van der Waals surface area (Å²) in [7, 11) is 0. The maximum absolute atomic E-state index is 10.8. The molecule has 0 unspecified atom stereocenters. The molecule has 1 aromatic heterocycles. The van der Waals surface area contributed by atoms with E-state index in [1.165, 1.54) is 36.9 Å². The molecule has 1 heterocycles. The zero-order valence-electron chi connectivity index (χ0n) is 16.8. The first-order chi connectivity index (χ1) is 15.1. The minimum atomic E-state index is -0.811. The molecule has 0 radical (unpaired) electrons. The molecule has 0 saturated heterocycles. The molecule has 0 aliphatic rings. The third-order valence-corrected chi connectivity index (χ3v) is 6.54.